The van der Waals surface area contributed by atoms with Crippen LogP contribution in [0.2, 0.25) is 0 Å². The van der Waals surface area contributed by atoms with Crippen molar-refractivity contribution in [3.63, 3.8) is 0 Å². The second kappa shape index (κ2) is 4.93. The molecule has 16 heavy (non-hydrogen) atoms. The first-order chi connectivity index (χ1) is 7.65. The zero-order valence-electron chi connectivity index (χ0n) is 9.65. The second-order valence-corrected chi connectivity index (χ2v) is 4.53. The van der Waals surface area contributed by atoms with Crippen LogP contribution < -0.4 is 0 Å². The van der Waals surface area contributed by atoms with E-state index in [1.54, 1.807) is 0 Å². The van der Waals surface area contributed by atoms with Crippen molar-refractivity contribution >= 4 is 11.9 Å². The van der Waals surface area contributed by atoms with Gasteiger partial charge >= 0.3 is 11.9 Å². The number of esters is 2. The SMILES string of the molecule is CC(CN1CC1)N1CC1.O=C1CCC(=O)O1. The van der Waals surface area contributed by atoms with Gasteiger partial charge in [-0.05, 0) is 6.92 Å². The standard InChI is InChI=1S/C7H14N2.C4H4O3/c1-7(9-4-5-9)6-8-2-3-8;5-3-1-2-4(6)7-3/h7H,2-6H2,1H3;1-2H2. The molecule has 1 atom stereocenters. The third kappa shape index (κ3) is 3.90. The van der Waals surface area contributed by atoms with Gasteiger partial charge in [0.1, 0.15) is 0 Å². The van der Waals surface area contributed by atoms with Crippen molar-refractivity contribution in [3.8, 4) is 0 Å². The fourth-order valence-corrected chi connectivity index (χ4v) is 1.67. The molecule has 0 spiro atoms. The average molecular weight is 226 g/mol. The highest BCUT2D eigenvalue weighted by molar-refractivity contribution is 5.92. The summed E-state index contributed by atoms with van der Waals surface area (Å²) < 4.78 is 4.08. The van der Waals surface area contributed by atoms with E-state index in [0.717, 1.165) is 6.04 Å². The van der Waals surface area contributed by atoms with Gasteiger partial charge in [-0.1, -0.05) is 0 Å². The van der Waals surface area contributed by atoms with Crippen molar-refractivity contribution in [2.45, 2.75) is 25.8 Å². The summed E-state index contributed by atoms with van der Waals surface area (Å²) in [5, 5.41) is 0. The Labute approximate surface area is 95.3 Å². The quantitative estimate of drug-likeness (QED) is 0.381. The van der Waals surface area contributed by atoms with Crippen molar-refractivity contribution in [1.82, 2.24) is 9.80 Å². The lowest BCUT2D eigenvalue weighted by Gasteiger charge is -2.11. The van der Waals surface area contributed by atoms with E-state index in [0.29, 0.717) is 0 Å². The largest absolute Gasteiger partial charge is 0.393 e. The molecule has 0 aliphatic carbocycles. The first-order valence-corrected chi connectivity index (χ1v) is 5.85. The van der Waals surface area contributed by atoms with E-state index in [9.17, 15) is 9.59 Å². The molecule has 1 unspecified atom stereocenters. The van der Waals surface area contributed by atoms with Gasteiger partial charge in [0.2, 0.25) is 0 Å². The molecule has 90 valence electrons. The first kappa shape index (κ1) is 11.5. The second-order valence-electron chi connectivity index (χ2n) is 4.53. The molecule has 3 heterocycles. The Morgan fingerprint density at radius 1 is 1.12 bits per heavy atom. The highest BCUT2D eigenvalue weighted by atomic mass is 16.6. The van der Waals surface area contributed by atoms with Gasteiger partial charge in [0.15, 0.2) is 0 Å². The van der Waals surface area contributed by atoms with Crippen LogP contribution in [0.1, 0.15) is 19.8 Å². The Hall–Kier alpha value is -0.940. The van der Waals surface area contributed by atoms with E-state index in [4.69, 9.17) is 0 Å². The Bertz CT molecular complexity index is 271. The van der Waals surface area contributed by atoms with Crippen LogP contribution in [0, 0.1) is 0 Å². The first-order valence-electron chi connectivity index (χ1n) is 5.85. The number of carbonyl (C=O) groups is 2. The monoisotopic (exact) mass is 226 g/mol. The Morgan fingerprint density at radius 2 is 1.69 bits per heavy atom. The molecule has 3 aliphatic rings. The topological polar surface area (TPSA) is 49.4 Å². The van der Waals surface area contributed by atoms with E-state index in [1.165, 1.54) is 32.7 Å². The maximum absolute atomic E-state index is 10.0. The third-order valence-corrected chi connectivity index (χ3v) is 2.93. The van der Waals surface area contributed by atoms with Crippen LogP contribution in [-0.2, 0) is 14.3 Å². The molecule has 0 saturated carbocycles. The van der Waals surface area contributed by atoms with Gasteiger partial charge < -0.3 is 4.74 Å². The average Bonchev–Trinajstić information content (AvgIpc) is 3.10. The predicted octanol–water partition coefficient (Wildman–Crippen LogP) is -0.144. The Morgan fingerprint density at radius 3 is 2.00 bits per heavy atom. The highest BCUT2D eigenvalue weighted by Gasteiger charge is 2.28. The van der Waals surface area contributed by atoms with Crippen LogP contribution in [0.25, 0.3) is 0 Å². The Kier molecular flexibility index (Phi) is 3.56. The van der Waals surface area contributed by atoms with E-state index in [1.807, 2.05) is 0 Å². The lowest BCUT2D eigenvalue weighted by Crippen LogP contribution is -2.23. The van der Waals surface area contributed by atoms with Gasteiger partial charge in [0.25, 0.3) is 0 Å². The van der Waals surface area contributed by atoms with Crippen LogP contribution in [0.5, 0.6) is 0 Å². The van der Waals surface area contributed by atoms with Crippen molar-refractivity contribution in [2.24, 2.45) is 0 Å². The summed E-state index contributed by atoms with van der Waals surface area (Å²) >= 11 is 0. The summed E-state index contributed by atoms with van der Waals surface area (Å²) in [6, 6.07) is 0.826. The van der Waals surface area contributed by atoms with Gasteiger partial charge in [-0.25, -0.2) is 0 Å². The summed E-state index contributed by atoms with van der Waals surface area (Å²) in [5.41, 5.74) is 0. The minimum Gasteiger partial charge on any atom is -0.393 e. The maximum Gasteiger partial charge on any atom is 0.314 e. The van der Waals surface area contributed by atoms with Gasteiger partial charge in [-0.3, -0.25) is 19.4 Å². The number of hydrogen-bond donors (Lipinski definition) is 0. The highest BCUT2D eigenvalue weighted by Crippen LogP contribution is 2.14. The number of ether oxygens (including phenoxy) is 1. The number of carbonyl (C=O) groups excluding carboxylic acids is 2. The van der Waals surface area contributed by atoms with Crippen molar-refractivity contribution in [2.75, 3.05) is 32.7 Å². The molecule has 0 aromatic rings. The number of rotatable bonds is 3. The predicted molar refractivity (Wildman–Crippen MR) is 57.8 cm³/mol. The van der Waals surface area contributed by atoms with Crippen LogP contribution in [-0.4, -0.2) is 60.5 Å². The summed E-state index contributed by atoms with van der Waals surface area (Å²) in [4.78, 5) is 25.0. The van der Waals surface area contributed by atoms with E-state index in [2.05, 4.69) is 21.5 Å². The molecule has 0 aromatic heterocycles. The molecule has 0 bridgehead atoms. The minimum atomic E-state index is -0.398. The molecule has 3 rings (SSSR count). The van der Waals surface area contributed by atoms with Gasteiger partial charge in [-0.15, -0.1) is 0 Å². The van der Waals surface area contributed by atoms with E-state index in [-0.39, 0.29) is 12.8 Å². The lowest BCUT2D eigenvalue weighted by atomic mass is 10.3. The molecule has 3 saturated heterocycles. The van der Waals surface area contributed by atoms with Crippen molar-refractivity contribution in [1.29, 1.82) is 0 Å². The van der Waals surface area contributed by atoms with Crippen molar-refractivity contribution < 1.29 is 14.3 Å². The van der Waals surface area contributed by atoms with E-state index >= 15 is 0 Å². The van der Waals surface area contributed by atoms with Crippen LogP contribution in [0.15, 0.2) is 0 Å². The summed E-state index contributed by atoms with van der Waals surface area (Å²) in [7, 11) is 0. The molecule has 3 fully saturated rings. The molecule has 5 nitrogen and oxygen atoms in total. The number of hydrogen-bond acceptors (Lipinski definition) is 5. The summed E-state index contributed by atoms with van der Waals surface area (Å²) in [6.45, 7) is 9.01. The maximum atomic E-state index is 10.0. The van der Waals surface area contributed by atoms with Gasteiger partial charge in [0.05, 0.1) is 12.8 Å². The smallest absolute Gasteiger partial charge is 0.314 e. The molecule has 5 heteroatoms. The normalized spacial score (nSPS) is 25.8. The zero-order chi connectivity index (χ0) is 11.5. The lowest BCUT2D eigenvalue weighted by molar-refractivity contribution is -0.151. The van der Waals surface area contributed by atoms with Gasteiger partial charge in [0, 0.05) is 38.8 Å². The minimum absolute atomic E-state index is 0.263. The van der Waals surface area contributed by atoms with Crippen LogP contribution in [0.4, 0.5) is 0 Å². The molecular weight excluding hydrogens is 208 g/mol. The van der Waals surface area contributed by atoms with Crippen LogP contribution >= 0.6 is 0 Å². The van der Waals surface area contributed by atoms with Crippen LogP contribution in [0.3, 0.4) is 0 Å². The molecular formula is C11H18N2O3. The molecule has 0 amide bonds. The third-order valence-electron chi connectivity index (χ3n) is 2.93. The number of cyclic esters (lactones) is 2. The van der Waals surface area contributed by atoms with E-state index < -0.39 is 11.9 Å². The molecule has 3 aliphatic heterocycles. The molecule has 0 N–H and O–H groups in total. The zero-order valence-corrected chi connectivity index (χ0v) is 9.65. The fourth-order valence-electron chi connectivity index (χ4n) is 1.67. The summed E-state index contributed by atoms with van der Waals surface area (Å²) in [6.07, 6.45) is 0.525. The van der Waals surface area contributed by atoms with Crippen molar-refractivity contribution in [3.05, 3.63) is 0 Å². The fraction of sp³-hybridized carbons (Fsp3) is 0.818. The summed E-state index contributed by atoms with van der Waals surface area (Å²) in [5.74, 6) is -0.796. The number of nitrogens with zero attached hydrogens (tertiary/aromatic N) is 2. The Balaban J connectivity index is 0.000000125. The van der Waals surface area contributed by atoms with Gasteiger partial charge in [-0.2, -0.15) is 0 Å². The molecule has 0 aromatic carbocycles. The molecule has 0 radical (unpaired) electrons.